The standard InChI is InChI=1S/C18H26FN5O3.HI/c1-2-27-18(26)24-11-7-13(8-12-24)23-17(20)22-10-9-21-16(25)14-5-3-4-6-15(14)19;/h3-6,13H,2,7-12H2,1H3,(H,21,25)(H3,20,22,23);1H. The SMILES string of the molecule is CCOC(=O)N1CCC(NC(N)=NCCNC(=O)c2ccccc2F)CC1.I. The highest BCUT2D eigenvalue weighted by molar-refractivity contribution is 14.0. The zero-order valence-corrected chi connectivity index (χ0v) is 18.1. The van der Waals surface area contributed by atoms with E-state index >= 15 is 0 Å². The van der Waals surface area contributed by atoms with Gasteiger partial charge in [0, 0.05) is 25.7 Å². The van der Waals surface area contributed by atoms with Gasteiger partial charge in [0.1, 0.15) is 5.82 Å². The Balaban J connectivity index is 0.00000392. The second-order valence-corrected chi connectivity index (χ2v) is 6.11. The lowest BCUT2D eigenvalue weighted by Gasteiger charge is -2.31. The smallest absolute Gasteiger partial charge is 0.409 e. The topological polar surface area (TPSA) is 109 Å². The van der Waals surface area contributed by atoms with E-state index in [0.717, 1.165) is 12.8 Å². The molecule has 0 atom stereocenters. The molecule has 1 heterocycles. The number of piperidine rings is 1. The number of hydrogen-bond donors (Lipinski definition) is 3. The maximum Gasteiger partial charge on any atom is 0.409 e. The molecule has 1 aromatic carbocycles. The fraction of sp³-hybridized carbons (Fsp3) is 0.500. The van der Waals surface area contributed by atoms with E-state index in [1.54, 1.807) is 17.9 Å². The van der Waals surface area contributed by atoms with Crippen LogP contribution in [0.3, 0.4) is 0 Å². The van der Waals surface area contributed by atoms with Crippen LogP contribution in [0.2, 0.25) is 0 Å². The highest BCUT2D eigenvalue weighted by Crippen LogP contribution is 2.11. The average Bonchev–Trinajstić information content (AvgIpc) is 2.66. The molecule has 0 aromatic heterocycles. The number of nitrogens with two attached hydrogens (primary N) is 1. The Morgan fingerprint density at radius 3 is 2.64 bits per heavy atom. The first-order chi connectivity index (χ1) is 13.0. The Labute approximate surface area is 181 Å². The number of likely N-dealkylation sites (tertiary alicyclic amines) is 1. The van der Waals surface area contributed by atoms with Gasteiger partial charge < -0.3 is 26.0 Å². The summed E-state index contributed by atoms with van der Waals surface area (Å²) < 4.78 is 18.5. The lowest BCUT2D eigenvalue weighted by Crippen LogP contribution is -2.48. The van der Waals surface area contributed by atoms with Crippen LogP contribution in [0.1, 0.15) is 30.1 Å². The minimum Gasteiger partial charge on any atom is -0.450 e. The van der Waals surface area contributed by atoms with Crippen molar-refractivity contribution in [2.24, 2.45) is 10.7 Å². The number of halogens is 2. The molecule has 1 aliphatic rings. The number of benzene rings is 1. The highest BCUT2D eigenvalue weighted by Gasteiger charge is 2.23. The molecule has 156 valence electrons. The van der Waals surface area contributed by atoms with Gasteiger partial charge in [-0.05, 0) is 31.9 Å². The van der Waals surface area contributed by atoms with E-state index in [0.29, 0.717) is 19.7 Å². The number of nitrogens with zero attached hydrogens (tertiary/aromatic N) is 2. The first-order valence-corrected chi connectivity index (χ1v) is 9.02. The summed E-state index contributed by atoms with van der Waals surface area (Å²) in [6.45, 7) is 3.87. The van der Waals surface area contributed by atoms with Crippen LogP contribution in [0.5, 0.6) is 0 Å². The number of guanidine groups is 1. The van der Waals surface area contributed by atoms with E-state index in [2.05, 4.69) is 15.6 Å². The first kappa shape index (κ1) is 23.9. The van der Waals surface area contributed by atoms with Crippen LogP contribution in [0.4, 0.5) is 9.18 Å². The van der Waals surface area contributed by atoms with E-state index < -0.39 is 11.7 Å². The molecule has 0 aliphatic carbocycles. The van der Waals surface area contributed by atoms with E-state index in [9.17, 15) is 14.0 Å². The molecule has 10 heteroatoms. The monoisotopic (exact) mass is 507 g/mol. The molecule has 2 rings (SSSR count). The highest BCUT2D eigenvalue weighted by atomic mass is 127. The molecule has 0 radical (unpaired) electrons. The summed E-state index contributed by atoms with van der Waals surface area (Å²) in [6, 6.07) is 5.92. The molecule has 8 nitrogen and oxygen atoms in total. The number of aliphatic imine (C=N–C) groups is 1. The van der Waals surface area contributed by atoms with Crippen molar-refractivity contribution in [3.8, 4) is 0 Å². The number of carbonyl (C=O) groups is 2. The molecular weight excluding hydrogens is 480 g/mol. The summed E-state index contributed by atoms with van der Waals surface area (Å²) in [6.07, 6.45) is 1.21. The van der Waals surface area contributed by atoms with Gasteiger partial charge in [0.05, 0.1) is 18.7 Å². The minimum atomic E-state index is -0.561. The fourth-order valence-corrected chi connectivity index (χ4v) is 2.76. The van der Waals surface area contributed by atoms with E-state index in [4.69, 9.17) is 10.5 Å². The summed E-state index contributed by atoms with van der Waals surface area (Å²) in [7, 11) is 0. The van der Waals surface area contributed by atoms with Crippen molar-refractivity contribution >= 4 is 41.9 Å². The largest absolute Gasteiger partial charge is 0.450 e. The second kappa shape index (κ2) is 12.4. The Hall–Kier alpha value is -2.11. The van der Waals surface area contributed by atoms with Crippen LogP contribution < -0.4 is 16.4 Å². The average molecular weight is 507 g/mol. The van der Waals surface area contributed by atoms with Crippen LogP contribution in [-0.2, 0) is 4.74 Å². The molecule has 0 saturated carbocycles. The number of ether oxygens (including phenoxy) is 1. The van der Waals surface area contributed by atoms with Crippen LogP contribution in [-0.4, -0.2) is 61.7 Å². The Morgan fingerprint density at radius 1 is 1.32 bits per heavy atom. The van der Waals surface area contributed by atoms with Crippen molar-refractivity contribution in [1.82, 2.24) is 15.5 Å². The third-order valence-electron chi connectivity index (χ3n) is 4.17. The Morgan fingerprint density at radius 2 is 2.00 bits per heavy atom. The van der Waals surface area contributed by atoms with Crippen molar-refractivity contribution < 1.29 is 18.7 Å². The van der Waals surface area contributed by atoms with Crippen molar-refractivity contribution in [2.45, 2.75) is 25.8 Å². The zero-order chi connectivity index (χ0) is 19.6. The number of rotatable bonds is 6. The second-order valence-electron chi connectivity index (χ2n) is 6.11. The van der Waals surface area contributed by atoms with Gasteiger partial charge >= 0.3 is 6.09 Å². The normalized spacial score (nSPS) is 14.8. The van der Waals surface area contributed by atoms with Gasteiger partial charge in [-0.15, -0.1) is 24.0 Å². The molecule has 0 bridgehead atoms. The molecule has 4 N–H and O–H groups in total. The zero-order valence-electron chi connectivity index (χ0n) is 15.8. The minimum absolute atomic E-state index is 0. The fourth-order valence-electron chi connectivity index (χ4n) is 2.76. The van der Waals surface area contributed by atoms with Crippen molar-refractivity contribution in [3.05, 3.63) is 35.6 Å². The summed E-state index contributed by atoms with van der Waals surface area (Å²) in [4.78, 5) is 29.4. The van der Waals surface area contributed by atoms with Crippen LogP contribution >= 0.6 is 24.0 Å². The molecule has 1 fully saturated rings. The molecule has 2 amide bonds. The number of hydrogen-bond acceptors (Lipinski definition) is 4. The van der Waals surface area contributed by atoms with Crippen LogP contribution in [0.25, 0.3) is 0 Å². The lowest BCUT2D eigenvalue weighted by molar-refractivity contribution is 0.0946. The van der Waals surface area contributed by atoms with Gasteiger partial charge in [-0.3, -0.25) is 9.79 Å². The molecule has 1 saturated heterocycles. The number of nitrogens with one attached hydrogen (secondary N) is 2. The summed E-state index contributed by atoms with van der Waals surface area (Å²) >= 11 is 0. The number of carbonyl (C=O) groups excluding carboxylic acids is 2. The predicted molar refractivity (Wildman–Crippen MR) is 115 cm³/mol. The van der Waals surface area contributed by atoms with Gasteiger partial charge in [0.15, 0.2) is 5.96 Å². The third-order valence-corrected chi connectivity index (χ3v) is 4.17. The van der Waals surface area contributed by atoms with Crippen molar-refractivity contribution in [3.63, 3.8) is 0 Å². The summed E-state index contributed by atoms with van der Waals surface area (Å²) in [5.41, 5.74) is 5.86. The summed E-state index contributed by atoms with van der Waals surface area (Å²) in [5.74, 6) is -0.764. The van der Waals surface area contributed by atoms with E-state index in [1.165, 1.54) is 18.2 Å². The van der Waals surface area contributed by atoms with Gasteiger partial charge in [-0.25, -0.2) is 9.18 Å². The molecule has 28 heavy (non-hydrogen) atoms. The van der Waals surface area contributed by atoms with Gasteiger partial charge in [0.2, 0.25) is 0 Å². The van der Waals surface area contributed by atoms with Crippen molar-refractivity contribution in [1.29, 1.82) is 0 Å². The Kier molecular flexibility index (Phi) is 10.6. The number of amides is 2. The molecule has 1 aliphatic heterocycles. The maximum absolute atomic E-state index is 13.5. The van der Waals surface area contributed by atoms with Gasteiger partial charge in [-0.2, -0.15) is 0 Å². The molecular formula is C18H27FIN5O3. The quantitative estimate of drug-likeness (QED) is 0.235. The predicted octanol–water partition coefficient (Wildman–Crippen LogP) is 1.70. The van der Waals surface area contributed by atoms with Gasteiger partial charge in [-0.1, -0.05) is 12.1 Å². The van der Waals surface area contributed by atoms with Crippen molar-refractivity contribution in [2.75, 3.05) is 32.8 Å². The van der Waals surface area contributed by atoms with E-state index in [1.807, 2.05) is 0 Å². The molecule has 0 spiro atoms. The molecule has 1 aromatic rings. The summed E-state index contributed by atoms with van der Waals surface area (Å²) in [5, 5.41) is 5.72. The Bertz CT molecular complexity index is 681. The van der Waals surface area contributed by atoms with Crippen LogP contribution in [0, 0.1) is 5.82 Å². The van der Waals surface area contributed by atoms with Crippen LogP contribution in [0.15, 0.2) is 29.3 Å². The van der Waals surface area contributed by atoms with E-state index in [-0.39, 0.29) is 60.7 Å². The third kappa shape index (κ3) is 7.49. The molecule has 0 unspecified atom stereocenters. The van der Waals surface area contributed by atoms with Gasteiger partial charge in [0.25, 0.3) is 5.91 Å². The maximum atomic E-state index is 13.5. The first-order valence-electron chi connectivity index (χ1n) is 9.02. The lowest BCUT2D eigenvalue weighted by atomic mass is 10.1.